The van der Waals surface area contributed by atoms with E-state index in [0.717, 1.165) is 5.56 Å². The summed E-state index contributed by atoms with van der Waals surface area (Å²) in [5.41, 5.74) is 12.2. The van der Waals surface area contributed by atoms with Gasteiger partial charge in [-0.3, -0.25) is 9.59 Å². The topological polar surface area (TPSA) is 89.4 Å². The van der Waals surface area contributed by atoms with Gasteiger partial charge in [0, 0.05) is 19.2 Å². The molecule has 1 aromatic carbocycles. The zero-order valence-corrected chi connectivity index (χ0v) is 12.5. The molecule has 0 bridgehead atoms. The van der Waals surface area contributed by atoms with Gasteiger partial charge in [-0.1, -0.05) is 32.9 Å². The summed E-state index contributed by atoms with van der Waals surface area (Å²) >= 11 is 0. The lowest BCUT2D eigenvalue weighted by Crippen LogP contribution is -2.48. The molecule has 20 heavy (non-hydrogen) atoms. The number of rotatable bonds is 4. The van der Waals surface area contributed by atoms with Crippen molar-refractivity contribution in [3.63, 3.8) is 0 Å². The fourth-order valence-corrected chi connectivity index (χ4v) is 1.73. The molecular formula is C15H23N3O2. The molecular weight excluding hydrogens is 254 g/mol. The van der Waals surface area contributed by atoms with E-state index in [1.165, 1.54) is 0 Å². The van der Waals surface area contributed by atoms with Gasteiger partial charge in [0.25, 0.3) is 0 Å². The number of benzene rings is 1. The first-order valence-electron chi connectivity index (χ1n) is 6.52. The Morgan fingerprint density at radius 1 is 1.20 bits per heavy atom. The second-order valence-electron chi connectivity index (χ2n) is 6.10. The minimum absolute atomic E-state index is 0.100. The number of hydrogen-bond acceptors (Lipinski definition) is 3. The van der Waals surface area contributed by atoms with E-state index in [1.54, 1.807) is 36.2 Å². The van der Waals surface area contributed by atoms with Crippen molar-refractivity contribution in [3.8, 4) is 0 Å². The Kier molecular flexibility index (Phi) is 4.89. The molecule has 1 aromatic rings. The van der Waals surface area contributed by atoms with Crippen LogP contribution >= 0.6 is 0 Å². The van der Waals surface area contributed by atoms with Crippen LogP contribution in [-0.4, -0.2) is 29.8 Å². The molecule has 1 rings (SSSR count). The molecule has 0 aliphatic carbocycles. The molecule has 0 aliphatic rings. The van der Waals surface area contributed by atoms with Crippen LogP contribution in [0.1, 0.15) is 36.7 Å². The maximum Gasteiger partial charge on any atom is 0.248 e. The van der Waals surface area contributed by atoms with Crippen LogP contribution in [0.15, 0.2) is 24.3 Å². The normalized spacial score (nSPS) is 12.8. The molecule has 0 aliphatic heterocycles. The first-order valence-corrected chi connectivity index (χ1v) is 6.52. The van der Waals surface area contributed by atoms with Crippen LogP contribution in [-0.2, 0) is 11.3 Å². The van der Waals surface area contributed by atoms with Gasteiger partial charge < -0.3 is 16.4 Å². The lowest BCUT2D eigenvalue weighted by molar-refractivity contribution is -0.134. The van der Waals surface area contributed by atoms with E-state index < -0.39 is 11.9 Å². The highest BCUT2D eigenvalue weighted by atomic mass is 16.2. The standard InChI is InChI=1S/C15H23N3O2/c1-15(2,3)12(16)14(20)18(4)9-10-5-7-11(8-6-10)13(17)19/h5-8,12H,9,16H2,1-4H3,(H2,17,19). The van der Waals surface area contributed by atoms with Gasteiger partial charge in [-0.25, -0.2) is 0 Å². The minimum atomic E-state index is -0.544. The maximum absolute atomic E-state index is 12.2. The summed E-state index contributed by atoms with van der Waals surface area (Å²) in [4.78, 5) is 24.8. The molecule has 5 nitrogen and oxygen atoms in total. The van der Waals surface area contributed by atoms with Gasteiger partial charge in [0.2, 0.25) is 11.8 Å². The summed E-state index contributed by atoms with van der Waals surface area (Å²) < 4.78 is 0. The number of nitrogens with two attached hydrogens (primary N) is 2. The van der Waals surface area contributed by atoms with Crippen LogP contribution in [0, 0.1) is 5.41 Å². The SMILES string of the molecule is CN(Cc1ccc(C(N)=O)cc1)C(=O)C(N)C(C)(C)C. The van der Waals surface area contributed by atoms with E-state index in [-0.39, 0.29) is 11.3 Å². The maximum atomic E-state index is 12.2. The summed E-state index contributed by atoms with van der Waals surface area (Å²) in [5.74, 6) is -0.563. The lowest BCUT2D eigenvalue weighted by atomic mass is 9.86. The highest BCUT2D eigenvalue weighted by molar-refractivity contribution is 5.92. The zero-order chi connectivity index (χ0) is 15.5. The third kappa shape index (κ3) is 4.06. The van der Waals surface area contributed by atoms with Gasteiger partial charge in [-0.15, -0.1) is 0 Å². The van der Waals surface area contributed by atoms with E-state index in [4.69, 9.17) is 11.5 Å². The zero-order valence-electron chi connectivity index (χ0n) is 12.5. The van der Waals surface area contributed by atoms with Crippen molar-refractivity contribution in [3.05, 3.63) is 35.4 Å². The summed E-state index contributed by atoms with van der Waals surface area (Å²) in [6.45, 7) is 6.25. The minimum Gasteiger partial charge on any atom is -0.366 e. The predicted molar refractivity (Wildman–Crippen MR) is 78.9 cm³/mol. The first-order chi connectivity index (χ1) is 9.12. The summed E-state index contributed by atoms with van der Waals surface area (Å²) in [6.07, 6.45) is 0. The summed E-state index contributed by atoms with van der Waals surface area (Å²) in [6, 6.07) is 6.33. The first kappa shape index (κ1) is 16.2. The second-order valence-corrected chi connectivity index (χ2v) is 6.10. The molecule has 0 aromatic heterocycles. The molecule has 1 unspecified atom stereocenters. The van der Waals surface area contributed by atoms with Crippen molar-refractivity contribution in [1.82, 2.24) is 4.90 Å². The van der Waals surface area contributed by atoms with E-state index in [1.807, 2.05) is 20.8 Å². The third-order valence-electron chi connectivity index (χ3n) is 3.23. The molecule has 0 saturated carbocycles. The van der Waals surface area contributed by atoms with Gasteiger partial charge in [-0.2, -0.15) is 0 Å². The van der Waals surface area contributed by atoms with E-state index in [9.17, 15) is 9.59 Å². The quantitative estimate of drug-likeness (QED) is 0.864. The molecule has 0 saturated heterocycles. The average molecular weight is 277 g/mol. The third-order valence-corrected chi connectivity index (χ3v) is 3.23. The van der Waals surface area contributed by atoms with Crippen molar-refractivity contribution >= 4 is 11.8 Å². The number of nitrogens with zero attached hydrogens (tertiary/aromatic N) is 1. The van der Waals surface area contributed by atoms with Crippen LogP contribution in [0.4, 0.5) is 0 Å². The average Bonchev–Trinajstić information content (AvgIpc) is 2.36. The largest absolute Gasteiger partial charge is 0.366 e. The molecule has 1 atom stereocenters. The predicted octanol–water partition coefficient (Wildman–Crippen LogP) is 1.12. The number of hydrogen-bond donors (Lipinski definition) is 2. The molecule has 0 fully saturated rings. The Balaban J connectivity index is 2.73. The highest BCUT2D eigenvalue weighted by Gasteiger charge is 2.29. The van der Waals surface area contributed by atoms with Crippen LogP contribution in [0.25, 0.3) is 0 Å². The van der Waals surface area contributed by atoms with E-state index in [0.29, 0.717) is 12.1 Å². The van der Waals surface area contributed by atoms with Crippen LogP contribution < -0.4 is 11.5 Å². The van der Waals surface area contributed by atoms with Gasteiger partial charge in [0.05, 0.1) is 6.04 Å². The smallest absolute Gasteiger partial charge is 0.248 e. The van der Waals surface area contributed by atoms with Crippen molar-refractivity contribution in [2.45, 2.75) is 33.4 Å². The fraction of sp³-hybridized carbons (Fsp3) is 0.467. The van der Waals surface area contributed by atoms with Crippen molar-refractivity contribution < 1.29 is 9.59 Å². The van der Waals surface area contributed by atoms with Crippen LogP contribution in [0.5, 0.6) is 0 Å². The number of primary amides is 1. The number of likely N-dealkylation sites (N-methyl/N-ethyl adjacent to an activating group) is 1. The van der Waals surface area contributed by atoms with E-state index in [2.05, 4.69) is 0 Å². The second kappa shape index (κ2) is 6.05. The number of carbonyl (C=O) groups excluding carboxylic acids is 2. The van der Waals surface area contributed by atoms with Crippen molar-refractivity contribution in [2.24, 2.45) is 16.9 Å². The Hall–Kier alpha value is -1.88. The highest BCUT2D eigenvalue weighted by Crippen LogP contribution is 2.19. The molecule has 0 radical (unpaired) electrons. The Morgan fingerprint density at radius 3 is 2.10 bits per heavy atom. The molecule has 5 heteroatoms. The van der Waals surface area contributed by atoms with Crippen LogP contribution in [0.2, 0.25) is 0 Å². The lowest BCUT2D eigenvalue weighted by Gasteiger charge is -2.30. The van der Waals surface area contributed by atoms with Gasteiger partial charge >= 0.3 is 0 Å². The van der Waals surface area contributed by atoms with Gasteiger partial charge in [-0.05, 0) is 23.1 Å². The molecule has 2 amide bonds. The van der Waals surface area contributed by atoms with Crippen molar-refractivity contribution in [2.75, 3.05) is 7.05 Å². The number of carbonyl (C=O) groups is 2. The Morgan fingerprint density at radius 2 is 1.70 bits per heavy atom. The molecule has 0 heterocycles. The monoisotopic (exact) mass is 277 g/mol. The van der Waals surface area contributed by atoms with Crippen LogP contribution in [0.3, 0.4) is 0 Å². The molecule has 4 N–H and O–H groups in total. The van der Waals surface area contributed by atoms with Gasteiger partial charge in [0.15, 0.2) is 0 Å². The van der Waals surface area contributed by atoms with Gasteiger partial charge in [0.1, 0.15) is 0 Å². The Labute approximate surface area is 119 Å². The summed E-state index contributed by atoms with van der Waals surface area (Å²) in [5, 5.41) is 0. The number of amides is 2. The summed E-state index contributed by atoms with van der Waals surface area (Å²) in [7, 11) is 1.72. The Bertz CT molecular complexity index is 489. The fourth-order valence-electron chi connectivity index (χ4n) is 1.73. The van der Waals surface area contributed by atoms with E-state index >= 15 is 0 Å². The molecule has 0 spiro atoms. The van der Waals surface area contributed by atoms with Crippen molar-refractivity contribution in [1.29, 1.82) is 0 Å². The molecule has 110 valence electrons.